The molecule has 26 nitrogen and oxygen atoms in total. The number of carbonyl (C=O) groups is 11. The molecule has 0 bridgehead atoms. The van der Waals surface area contributed by atoms with E-state index >= 15 is 4.79 Å². The van der Waals surface area contributed by atoms with Crippen molar-refractivity contribution in [2.75, 3.05) is 46.4 Å². The number of aromatic hydroxyl groups is 1. The van der Waals surface area contributed by atoms with Crippen molar-refractivity contribution in [2.45, 2.75) is 172 Å². The summed E-state index contributed by atoms with van der Waals surface area (Å²) in [6.45, 7) is 7.42. The van der Waals surface area contributed by atoms with E-state index in [1.807, 2.05) is 13.8 Å². The second-order valence-corrected chi connectivity index (χ2v) is 24.1. The molecular weight excluding hydrogens is 1120 g/mol. The summed E-state index contributed by atoms with van der Waals surface area (Å²) in [7, 11) is 1.42. The number of hydrogen-bond donors (Lipinski definition) is 9. The topological polar surface area (TPSA) is 354 Å². The number of cyclic esters (lactones) is 1. The summed E-state index contributed by atoms with van der Waals surface area (Å²) in [6, 6.07) is 0.281. The maximum absolute atomic E-state index is 15.1. The van der Waals surface area contributed by atoms with Crippen LogP contribution in [0, 0.1) is 17.8 Å². The Labute approximate surface area is 500 Å². The van der Waals surface area contributed by atoms with Crippen molar-refractivity contribution in [3.8, 4) is 5.75 Å². The second-order valence-electron chi connectivity index (χ2n) is 24.1. The van der Waals surface area contributed by atoms with Crippen molar-refractivity contribution in [3.63, 3.8) is 0 Å². The molecule has 7 rings (SSSR count). The monoisotopic (exact) mass is 1200 g/mol. The number of amides is 10. The maximum Gasteiger partial charge on any atom is 0.328 e. The Morgan fingerprint density at radius 1 is 0.686 bits per heavy atom. The SMILES string of the molecule is CC[C@H](C)[C@@H]1NC(=O)[C@@H](CC(C)C)NC(=O)[C@@H]2CCCN2C(=O)C(NC(=O)[C@H](Cc2ccccc2)N(C)C(C)=O)COC(=O)[C@@H]2C[C@H](C)CN2C(=O)[C@@H]2C[C@@H](O)CN2C(=O)[C@@H]2C[C@@H](O)CN2C(=O)C(CO)NC(=O)[C@H](Cc2ccc(O)cc2)NC1=O. The van der Waals surface area contributed by atoms with E-state index in [4.69, 9.17) is 4.74 Å². The Kier molecular flexibility index (Phi) is 22.3. The predicted octanol–water partition coefficient (Wildman–Crippen LogP) is -1.76. The Hall–Kier alpha value is -7.71. The Morgan fingerprint density at radius 3 is 1.86 bits per heavy atom. The zero-order chi connectivity index (χ0) is 62.8. The first-order chi connectivity index (χ1) is 40.8. The van der Waals surface area contributed by atoms with Crippen LogP contribution in [0.25, 0.3) is 0 Å². The third-order valence-electron chi connectivity index (χ3n) is 17.1. The fourth-order valence-electron chi connectivity index (χ4n) is 12.1. The van der Waals surface area contributed by atoms with E-state index in [1.54, 1.807) is 51.1 Å². The van der Waals surface area contributed by atoms with E-state index in [1.165, 1.54) is 52.9 Å². The van der Waals surface area contributed by atoms with Gasteiger partial charge in [-0.15, -0.1) is 0 Å². The molecule has 14 atom stereocenters. The molecule has 2 aromatic carbocycles. The molecule has 5 fully saturated rings. The second kappa shape index (κ2) is 29.1. The van der Waals surface area contributed by atoms with Gasteiger partial charge in [-0.1, -0.05) is 83.5 Å². The molecule has 5 aliphatic rings. The van der Waals surface area contributed by atoms with Gasteiger partial charge in [0.2, 0.25) is 59.1 Å². The Bertz CT molecular complexity index is 2820. The Balaban J connectivity index is 1.28. The number of aliphatic hydroxyl groups excluding tert-OH is 3. The first-order valence-electron chi connectivity index (χ1n) is 29.7. The largest absolute Gasteiger partial charge is 0.508 e. The van der Waals surface area contributed by atoms with Gasteiger partial charge in [-0.25, -0.2) is 4.79 Å². The molecule has 2 aromatic rings. The molecule has 5 heterocycles. The fraction of sp³-hybridized carbons (Fsp3) is 0.617. The summed E-state index contributed by atoms with van der Waals surface area (Å²) in [6.07, 6.45) is -2.56. The zero-order valence-corrected chi connectivity index (χ0v) is 49.9. The van der Waals surface area contributed by atoms with E-state index in [0.29, 0.717) is 24.0 Å². The third kappa shape index (κ3) is 15.8. The molecule has 86 heavy (non-hydrogen) atoms. The third-order valence-corrected chi connectivity index (χ3v) is 17.1. The number of benzene rings is 2. The molecule has 0 aliphatic carbocycles. The van der Waals surface area contributed by atoms with Crippen LogP contribution >= 0.6 is 0 Å². The van der Waals surface area contributed by atoms with Crippen LogP contribution in [0.1, 0.15) is 97.6 Å². The number of fused-ring (bicyclic) bond motifs is 4. The van der Waals surface area contributed by atoms with Crippen molar-refractivity contribution in [1.29, 1.82) is 0 Å². The van der Waals surface area contributed by atoms with Crippen LogP contribution in [0.4, 0.5) is 0 Å². The van der Waals surface area contributed by atoms with Crippen LogP contribution in [0.15, 0.2) is 54.6 Å². The molecule has 0 radical (unpaired) electrons. The van der Waals surface area contributed by atoms with Crippen LogP contribution in [-0.4, -0.2) is 229 Å². The van der Waals surface area contributed by atoms with Gasteiger partial charge in [0.05, 0.1) is 18.8 Å². The van der Waals surface area contributed by atoms with Crippen LogP contribution in [0.3, 0.4) is 0 Å². The number of likely N-dealkylation sites (N-methyl/N-ethyl adjacent to an activating group) is 1. The van der Waals surface area contributed by atoms with Gasteiger partial charge < -0.3 is 76.2 Å². The van der Waals surface area contributed by atoms with E-state index in [9.17, 15) is 68.4 Å². The normalized spacial score (nSPS) is 29.3. The molecular formula is C60H84N10O16. The number of nitrogens with zero attached hydrogens (tertiary/aromatic N) is 5. The molecule has 470 valence electrons. The van der Waals surface area contributed by atoms with Gasteiger partial charge in [-0.05, 0) is 66.7 Å². The average Bonchev–Trinajstić information content (AvgIpc) is 1.82. The van der Waals surface area contributed by atoms with Crippen molar-refractivity contribution < 1.29 is 77.9 Å². The lowest BCUT2D eigenvalue weighted by Gasteiger charge is -2.35. The summed E-state index contributed by atoms with van der Waals surface area (Å²) in [4.78, 5) is 165. The molecule has 9 N–H and O–H groups in total. The average molecular weight is 1200 g/mol. The number of phenols is 1. The van der Waals surface area contributed by atoms with Crippen molar-refractivity contribution in [2.24, 2.45) is 17.8 Å². The number of carbonyl (C=O) groups excluding carboxylic acids is 11. The van der Waals surface area contributed by atoms with E-state index < -0.39 is 163 Å². The van der Waals surface area contributed by atoms with Crippen molar-refractivity contribution in [1.82, 2.24) is 51.1 Å². The van der Waals surface area contributed by atoms with E-state index in [2.05, 4.69) is 26.6 Å². The minimum absolute atomic E-state index is 0.0100. The molecule has 0 aromatic heterocycles. The number of aliphatic hydroxyl groups is 3. The first-order valence-corrected chi connectivity index (χ1v) is 29.7. The summed E-state index contributed by atoms with van der Waals surface area (Å²) in [5.74, 6) is -10.3. The number of hydrogen-bond acceptors (Lipinski definition) is 16. The van der Waals surface area contributed by atoms with Gasteiger partial charge in [0, 0.05) is 65.8 Å². The van der Waals surface area contributed by atoms with Crippen molar-refractivity contribution in [3.05, 3.63) is 65.7 Å². The molecule has 26 heteroatoms. The van der Waals surface area contributed by atoms with Gasteiger partial charge in [0.25, 0.3) is 0 Å². The van der Waals surface area contributed by atoms with Crippen LogP contribution < -0.4 is 26.6 Å². The highest BCUT2D eigenvalue weighted by molar-refractivity contribution is 6.00. The van der Waals surface area contributed by atoms with Gasteiger partial charge >= 0.3 is 5.97 Å². The Morgan fingerprint density at radius 2 is 1.27 bits per heavy atom. The lowest BCUT2D eigenvalue weighted by Crippen LogP contribution is -2.62. The van der Waals surface area contributed by atoms with Gasteiger partial charge in [0.15, 0.2) is 0 Å². The molecule has 0 spiro atoms. The lowest BCUT2D eigenvalue weighted by atomic mass is 9.95. The van der Waals surface area contributed by atoms with E-state index in [-0.39, 0.29) is 82.2 Å². The predicted molar refractivity (Wildman–Crippen MR) is 307 cm³/mol. The number of ether oxygens (including phenoxy) is 1. The molecule has 2 unspecified atom stereocenters. The highest BCUT2D eigenvalue weighted by atomic mass is 16.5. The number of nitrogens with one attached hydrogen (secondary N) is 5. The first kappa shape index (κ1) is 65.8. The molecule has 0 saturated carbocycles. The minimum atomic E-state index is -1.77. The quantitative estimate of drug-likeness (QED) is 0.106. The van der Waals surface area contributed by atoms with Crippen LogP contribution in [0.2, 0.25) is 0 Å². The van der Waals surface area contributed by atoms with Gasteiger partial charge in [0.1, 0.15) is 72.8 Å². The summed E-state index contributed by atoms with van der Waals surface area (Å²) < 4.78 is 5.90. The molecule has 5 saturated heterocycles. The maximum atomic E-state index is 15.1. The summed E-state index contributed by atoms with van der Waals surface area (Å²) in [5, 5.41) is 56.4. The molecule has 10 amide bonds. The summed E-state index contributed by atoms with van der Waals surface area (Å²) in [5.41, 5.74) is 1.11. The van der Waals surface area contributed by atoms with E-state index in [0.717, 1.165) is 9.80 Å². The molecule has 5 aliphatic heterocycles. The number of rotatable bonds is 12. The number of esters is 1. The van der Waals surface area contributed by atoms with Crippen LogP contribution in [0.5, 0.6) is 5.75 Å². The van der Waals surface area contributed by atoms with Crippen molar-refractivity contribution >= 4 is 65.0 Å². The number of phenolic OH excluding ortho intramolecular Hbond substituents is 1. The van der Waals surface area contributed by atoms with Gasteiger partial charge in [-0.3, -0.25) is 47.9 Å². The highest BCUT2D eigenvalue weighted by Crippen LogP contribution is 2.32. The minimum Gasteiger partial charge on any atom is -0.508 e. The summed E-state index contributed by atoms with van der Waals surface area (Å²) >= 11 is 0. The highest BCUT2D eigenvalue weighted by Gasteiger charge is 2.51. The lowest BCUT2D eigenvalue weighted by molar-refractivity contribution is -0.158. The van der Waals surface area contributed by atoms with Crippen LogP contribution in [-0.2, 0) is 70.3 Å². The van der Waals surface area contributed by atoms with Gasteiger partial charge in [-0.2, -0.15) is 0 Å². The standard InChI is InChI=1S/C60H84N10O16/c1-8-34(5)50-55(80)62-42(23-37-16-18-38(73)19-17-37)51(76)63-43(30-71)56(81)69-28-39(74)25-47(69)59(84)70-29-40(75)26-48(70)58(83)68-27-33(4)22-49(68)60(85)86-31-44(64-54(79)46(66(7)35(6)72)24-36-13-10-9-11-14-36)57(82)67-20-12-15-45(67)53(78)61-41(21-32(2)3)52(77)65-50/h9-11,13-14,16-19,32-34,39-50,71,73-75H,8,12,15,20-31H2,1-7H3,(H,61,78)(H,62,80)(H,63,76)(H,64,79)(H,65,77)/t33-,34-,39+,40+,41+,42-,43?,44?,45-,46-,47-,48-,49-,50-/m0/s1. The smallest absolute Gasteiger partial charge is 0.328 e. The zero-order valence-electron chi connectivity index (χ0n) is 49.9. The fourth-order valence-corrected chi connectivity index (χ4v) is 12.1.